The first kappa shape index (κ1) is 36.5. The van der Waals surface area contributed by atoms with Crippen molar-refractivity contribution in [2.45, 2.75) is 55.5 Å². The van der Waals surface area contributed by atoms with Crippen molar-refractivity contribution in [2.75, 3.05) is 18.9 Å². The minimum Gasteiger partial charge on any atom is -0.394 e. The smallest absolute Gasteiger partial charge is 0.394 e. The van der Waals surface area contributed by atoms with Gasteiger partial charge in [0.1, 0.15) is 48.5 Å². The third-order valence-corrected chi connectivity index (χ3v) is 10.3. The van der Waals surface area contributed by atoms with Crippen LogP contribution < -0.4 is 11.5 Å². The maximum Gasteiger partial charge on any atom is 0.481 e. The number of phosphoric ester groups is 3. The van der Waals surface area contributed by atoms with Crippen LogP contribution >= 0.6 is 23.5 Å². The summed E-state index contributed by atoms with van der Waals surface area (Å²) < 4.78 is 67.9. The molecule has 5 rings (SSSR count). The molecule has 0 bridgehead atoms. The lowest BCUT2D eigenvalue weighted by Gasteiger charge is -2.29. The second kappa shape index (κ2) is 13.9. The number of ether oxygens (including phenoxy) is 2. The van der Waals surface area contributed by atoms with Crippen LogP contribution in [0.4, 0.5) is 5.82 Å². The summed E-state index contributed by atoms with van der Waals surface area (Å²) in [7, 11) is -16.5. The summed E-state index contributed by atoms with van der Waals surface area (Å²) >= 11 is 0. The van der Waals surface area contributed by atoms with Crippen molar-refractivity contribution in [2.24, 2.45) is 5.73 Å². The Kier molecular flexibility index (Phi) is 10.6. The highest BCUT2D eigenvalue weighted by Crippen LogP contribution is 2.62. The van der Waals surface area contributed by atoms with Gasteiger partial charge in [-0.1, -0.05) is 6.08 Å². The number of rotatable bonds is 13. The summed E-state index contributed by atoms with van der Waals surface area (Å²) in [5, 5.41) is 31.3. The summed E-state index contributed by atoms with van der Waals surface area (Å²) in [4.78, 5) is 63.8. The summed E-state index contributed by atoms with van der Waals surface area (Å²) in [6.45, 7) is -1.96. The van der Waals surface area contributed by atoms with Gasteiger partial charge in [-0.2, -0.15) is 4.31 Å². The molecule has 3 aliphatic rings. The number of allylic oxidation sites excluding steroid dienone is 1. The van der Waals surface area contributed by atoms with Crippen LogP contribution in [0.2, 0.25) is 0 Å². The number of anilines is 1. The number of phosphoric acid groups is 3. The molecular formula is C21H30N7O17P3. The standard InChI is InChI=1S/C21H30N7O17P3/c22-17-12-19(25-7-24-17)28(8-26-12)21-16(43-46(33,34)35)13(30)11(42-21)6-40-47(36,37)45-48(38,39)44-15-10(5-29)41-20(14(15)31)27-3-1-2-9(4-27)18(23)32/h1,3-4,7-8,10-11,13-16,20-21,29-31H,2,5-6H2,(H2,23,32)(H,36,37)(H,38,39)(H2,22,24,25)(H2,33,34,35). The molecule has 10 atom stereocenters. The molecule has 27 heteroatoms. The SMILES string of the molecule is NC(=O)C1=CN(C2OC(CO)C(OP(=O)(O)OP(=O)(O)OCC3OC(n4cnc5c(N)ncnc54)C(OP(=O)(O)O)C3O)C2O)C=CC1. The fraction of sp³-hybridized carbons (Fsp3) is 0.524. The van der Waals surface area contributed by atoms with Crippen molar-refractivity contribution in [3.05, 3.63) is 36.7 Å². The Morgan fingerprint density at radius 1 is 0.979 bits per heavy atom. The Balaban J connectivity index is 1.26. The van der Waals surface area contributed by atoms with Gasteiger partial charge < -0.3 is 60.7 Å². The van der Waals surface area contributed by atoms with Crippen molar-refractivity contribution in [1.29, 1.82) is 0 Å². The predicted molar refractivity (Wildman–Crippen MR) is 153 cm³/mol. The van der Waals surface area contributed by atoms with Crippen LogP contribution in [-0.4, -0.2) is 121 Å². The number of aliphatic hydroxyl groups is 3. The lowest BCUT2D eigenvalue weighted by atomic mass is 10.1. The van der Waals surface area contributed by atoms with E-state index in [1.807, 2.05) is 0 Å². The summed E-state index contributed by atoms with van der Waals surface area (Å²) in [5.74, 6) is -0.824. The molecule has 3 aliphatic heterocycles. The molecule has 0 saturated carbocycles. The van der Waals surface area contributed by atoms with Gasteiger partial charge in [-0.05, 0) is 6.42 Å². The second-order valence-corrected chi connectivity index (χ2v) is 14.6. The zero-order valence-corrected chi connectivity index (χ0v) is 26.8. The molecular weight excluding hydrogens is 715 g/mol. The number of aliphatic hydroxyl groups excluding tert-OH is 3. The number of imidazole rings is 1. The Morgan fingerprint density at radius 2 is 1.69 bits per heavy atom. The van der Waals surface area contributed by atoms with Crippen LogP contribution in [0.1, 0.15) is 12.6 Å². The van der Waals surface area contributed by atoms with E-state index in [-0.39, 0.29) is 29.0 Å². The first-order chi connectivity index (χ1) is 22.4. The molecule has 2 aromatic rings. The summed E-state index contributed by atoms with van der Waals surface area (Å²) in [6.07, 6.45) is -7.09. The summed E-state index contributed by atoms with van der Waals surface area (Å²) in [5.41, 5.74) is 11.2. The molecule has 2 saturated heterocycles. The van der Waals surface area contributed by atoms with Crippen LogP contribution in [0, 0.1) is 0 Å². The molecule has 0 radical (unpaired) electrons. The van der Waals surface area contributed by atoms with Gasteiger partial charge in [-0.3, -0.25) is 22.9 Å². The van der Waals surface area contributed by atoms with Crippen LogP contribution in [0.3, 0.4) is 0 Å². The molecule has 48 heavy (non-hydrogen) atoms. The summed E-state index contributed by atoms with van der Waals surface area (Å²) in [6, 6.07) is 0. The normalized spacial score (nSPS) is 31.9. The van der Waals surface area contributed by atoms with Crippen LogP contribution in [0.5, 0.6) is 0 Å². The number of fused-ring (bicyclic) bond motifs is 1. The Labute approximate surface area is 268 Å². The maximum absolute atomic E-state index is 12.8. The average molecular weight is 745 g/mol. The zero-order valence-electron chi connectivity index (χ0n) is 24.1. The molecule has 0 spiro atoms. The molecule has 5 heterocycles. The maximum atomic E-state index is 12.8. The van der Waals surface area contributed by atoms with Crippen LogP contribution in [0.25, 0.3) is 11.2 Å². The fourth-order valence-corrected chi connectivity index (χ4v) is 7.88. The number of hydrogen-bond donors (Lipinski definition) is 9. The fourth-order valence-electron chi connectivity index (χ4n) is 5.05. The Morgan fingerprint density at radius 3 is 2.35 bits per heavy atom. The van der Waals surface area contributed by atoms with Crippen molar-refractivity contribution in [3.8, 4) is 0 Å². The largest absolute Gasteiger partial charge is 0.481 e. The number of amides is 1. The van der Waals surface area contributed by atoms with Gasteiger partial charge in [0.25, 0.3) is 0 Å². The van der Waals surface area contributed by atoms with E-state index in [0.29, 0.717) is 0 Å². The lowest BCUT2D eigenvalue weighted by Crippen LogP contribution is -2.41. The molecule has 2 fully saturated rings. The second-order valence-electron chi connectivity index (χ2n) is 10.4. The quantitative estimate of drug-likeness (QED) is 0.0951. The number of hydrogen-bond acceptors (Lipinski definition) is 18. The van der Waals surface area contributed by atoms with E-state index in [9.17, 15) is 53.4 Å². The topological polar surface area (TPSA) is 364 Å². The molecule has 2 aromatic heterocycles. The highest BCUT2D eigenvalue weighted by atomic mass is 31.3. The highest BCUT2D eigenvalue weighted by Gasteiger charge is 2.52. The first-order valence-corrected chi connectivity index (χ1v) is 18.0. The number of primary amides is 1. The van der Waals surface area contributed by atoms with E-state index in [0.717, 1.165) is 17.2 Å². The monoisotopic (exact) mass is 745 g/mol. The number of aromatic nitrogens is 4. The minimum atomic E-state index is -5.63. The van der Waals surface area contributed by atoms with Crippen LogP contribution in [0.15, 0.2) is 36.7 Å². The van der Waals surface area contributed by atoms with E-state index in [1.165, 1.54) is 23.4 Å². The zero-order chi connectivity index (χ0) is 35.2. The van der Waals surface area contributed by atoms with Crippen molar-refractivity contribution in [3.63, 3.8) is 0 Å². The molecule has 266 valence electrons. The van der Waals surface area contributed by atoms with Crippen molar-refractivity contribution < 1.29 is 80.7 Å². The predicted octanol–water partition coefficient (Wildman–Crippen LogP) is -2.57. The van der Waals surface area contributed by atoms with Crippen LogP contribution in [-0.2, 0) is 45.8 Å². The van der Waals surface area contributed by atoms with Gasteiger partial charge in [-0.15, -0.1) is 0 Å². The van der Waals surface area contributed by atoms with Crippen molar-refractivity contribution >= 4 is 46.4 Å². The van der Waals surface area contributed by atoms with E-state index >= 15 is 0 Å². The highest BCUT2D eigenvalue weighted by molar-refractivity contribution is 7.61. The molecule has 10 unspecified atom stereocenters. The van der Waals surface area contributed by atoms with Crippen molar-refractivity contribution in [1.82, 2.24) is 24.4 Å². The first-order valence-electron chi connectivity index (χ1n) is 13.5. The lowest BCUT2D eigenvalue weighted by molar-refractivity contribution is -0.115. The van der Waals surface area contributed by atoms with Gasteiger partial charge in [0, 0.05) is 18.0 Å². The van der Waals surface area contributed by atoms with Gasteiger partial charge in [0.05, 0.1) is 19.5 Å². The van der Waals surface area contributed by atoms with Gasteiger partial charge in [0.15, 0.2) is 23.9 Å². The number of nitrogen functional groups attached to an aromatic ring is 1. The van der Waals surface area contributed by atoms with Gasteiger partial charge in [0.2, 0.25) is 5.91 Å². The third-order valence-electron chi connectivity index (χ3n) is 7.12. The Bertz CT molecular complexity index is 1740. The van der Waals surface area contributed by atoms with E-state index < -0.39 is 91.7 Å². The van der Waals surface area contributed by atoms with Gasteiger partial charge in [-0.25, -0.2) is 28.6 Å². The number of nitrogens with two attached hydrogens (primary N) is 2. The average Bonchev–Trinajstić information content (AvgIpc) is 3.65. The number of carbonyl (C=O) groups is 1. The third kappa shape index (κ3) is 8.01. The Hall–Kier alpha value is -2.73. The van der Waals surface area contributed by atoms with E-state index in [1.54, 1.807) is 0 Å². The number of carbonyl (C=O) groups excluding carboxylic acids is 1. The molecule has 0 aromatic carbocycles. The molecule has 1 amide bonds. The molecule has 0 aliphatic carbocycles. The molecule has 11 N–H and O–H groups in total. The number of nitrogens with zero attached hydrogens (tertiary/aromatic N) is 5. The minimum absolute atomic E-state index is 0.00254. The van der Waals surface area contributed by atoms with Gasteiger partial charge >= 0.3 is 23.5 Å². The van der Waals surface area contributed by atoms with E-state index in [4.69, 9.17) is 34.5 Å². The molecule has 24 nitrogen and oxygen atoms in total. The van der Waals surface area contributed by atoms with E-state index in [2.05, 4.69) is 19.3 Å².